The SMILES string of the molecule is CC1CCN(C(=O)Cc2csc(NC(=O)c3ccco3)n2)C(CN)C1. The molecule has 0 aliphatic carbocycles. The minimum Gasteiger partial charge on any atom is -0.459 e. The van der Waals surface area contributed by atoms with Gasteiger partial charge < -0.3 is 15.1 Å². The number of furan rings is 1. The number of hydrogen-bond donors (Lipinski definition) is 2. The van der Waals surface area contributed by atoms with Crippen LogP contribution < -0.4 is 11.1 Å². The van der Waals surface area contributed by atoms with E-state index in [9.17, 15) is 9.59 Å². The predicted octanol–water partition coefficient (Wildman–Crippen LogP) is 2.12. The molecule has 0 radical (unpaired) electrons. The van der Waals surface area contributed by atoms with Gasteiger partial charge in [0.25, 0.3) is 5.91 Å². The number of carbonyl (C=O) groups excluding carboxylic acids is 2. The lowest BCUT2D eigenvalue weighted by atomic mass is 9.92. The van der Waals surface area contributed by atoms with E-state index >= 15 is 0 Å². The van der Waals surface area contributed by atoms with Crippen molar-refractivity contribution < 1.29 is 14.0 Å². The zero-order valence-electron chi connectivity index (χ0n) is 14.1. The van der Waals surface area contributed by atoms with Crippen molar-refractivity contribution in [2.45, 2.75) is 32.2 Å². The molecular weight excluding hydrogens is 340 g/mol. The summed E-state index contributed by atoms with van der Waals surface area (Å²) >= 11 is 1.29. The highest BCUT2D eigenvalue weighted by atomic mass is 32.1. The van der Waals surface area contributed by atoms with E-state index in [0.717, 1.165) is 19.4 Å². The average Bonchev–Trinajstić information content (AvgIpc) is 3.26. The van der Waals surface area contributed by atoms with Crippen LogP contribution in [0.25, 0.3) is 0 Å². The summed E-state index contributed by atoms with van der Waals surface area (Å²) in [5, 5.41) is 4.92. The average molecular weight is 362 g/mol. The molecule has 2 amide bonds. The summed E-state index contributed by atoms with van der Waals surface area (Å²) in [6.45, 7) is 3.42. The zero-order chi connectivity index (χ0) is 17.8. The molecule has 0 spiro atoms. The molecule has 0 bridgehead atoms. The number of amides is 2. The van der Waals surface area contributed by atoms with Gasteiger partial charge in [-0.15, -0.1) is 11.3 Å². The van der Waals surface area contributed by atoms with E-state index in [1.807, 2.05) is 4.90 Å². The van der Waals surface area contributed by atoms with Crippen molar-refractivity contribution in [3.05, 3.63) is 35.2 Å². The number of nitrogens with zero attached hydrogens (tertiary/aromatic N) is 2. The van der Waals surface area contributed by atoms with Crippen LogP contribution in [0, 0.1) is 5.92 Å². The third-order valence-electron chi connectivity index (χ3n) is 4.42. The molecule has 1 aliphatic heterocycles. The van der Waals surface area contributed by atoms with Crippen molar-refractivity contribution in [1.82, 2.24) is 9.88 Å². The highest BCUT2D eigenvalue weighted by Crippen LogP contribution is 2.23. The predicted molar refractivity (Wildman–Crippen MR) is 95.4 cm³/mol. The Morgan fingerprint density at radius 3 is 3.08 bits per heavy atom. The Hall–Kier alpha value is -2.19. The van der Waals surface area contributed by atoms with Crippen molar-refractivity contribution >= 4 is 28.3 Å². The quantitative estimate of drug-likeness (QED) is 0.848. The lowest BCUT2D eigenvalue weighted by Crippen LogP contribution is -2.49. The monoisotopic (exact) mass is 362 g/mol. The van der Waals surface area contributed by atoms with Gasteiger partial charge in [0.15, 0.2) is 10.9 Å². The molecule has 1 saturated heterocycles. The maximum Gasteiger partial charge on any atom is 0.293 e. The zero-order valence-corrected chi connectivity index (χ0v) is 14.9. The fourth-order valence-corrected chi connectivity index (χ4v) is 3.78. The number of rotatable bonds is 5. The van der Waals surface area contributed by atoms with E-state index in [0.29, 0.717) is 23.3 Å². The van der Waals surface area contributed by atoms with Gasteiger partial charge in [-0.2, -0.15) is 0 Å². The Morgan fingerprint density at radius 1 is 1.52 bits per heavy atom. The van der Waals surface area contributed by atoms with E-state index in [1.54, 1.807) is 17.5 Å². The number of carbonyl (C=O) groups is 2. The first-order valence-electron chi connectivity index (χ1n) is 8.35. The van der Waals surface area contributed by atoms with Crippen LogP contribution in [0.4, 0.5) is 5.13 Å². The molecule has 1 fully saturated rings. The van der Waals surface area contributed by atoms with Gasteiger partial charge in [-0.05, 0) is 30.9 Å². The summed E-state index contributed by atoms with van der Waals surface area (Å²) in [7, 11) is 0. The van der Waals surface area contributed by atoms with Gasteiger partial charge in [-0.3, -0.25) is 14.9 Å². The van der Waals surface area contributed by atoms with E-state index < -0.39 is 0 Å². The third kappa shape index (κ3) is 4.26. The summed E-state index contributed by atoms with van der Waals surface area (Å²) < 4.78 is 5.04. The summed E-state index contributed by atoms with van der Waals surface area (Å²) in [5.41, 5.74) is 6.48. The van der Waals surface area contributed by atoms with E-state index in [-0.39, 0.29) is 30.0 Å². The normalized spacial score (nSPS) is 20.5. The fraction of sp³-hybridized carbons (Fsp3) is 0.471. The molecule has 3 rings (SSSR count). The smallest absolute Gasteiger partial charge is 0.293 e. The van der Waals surface area contributed by atoms with Gasteiger partial charge in [-0.1, -0.05) is 6.92 Å². The Balaban J connectivity index is 1.59. The van der Waals surface area contributed by atoms with Crippen LogP contribution in [0.1, 0.15) is 36.0 Å². The maximum absolute atomic E-state index is 12.6. The topological polar surface area (TPSA) is 101 Å². The second kappa shape index (κ2) is 7.79. The first-order chi connectivity index (χ1) is 12.1. The van der Waals surface area contributed by atoms with Gasteiger partial charge in [0.2, 0.25) is 5.91 Å². The molecule has 7 nitrogen and oxygen atoms in total. The van der Waals surface area contributed by atoms with Gasteiger partial charge in [0.1, 0.15) is 0 Å². The number of likely N-dealkylation sites (tertiary alicyclic amines) is 1. The number of piperidine rings is 1. The maximum atomic E-state index is 12.6. The number of hydrogen-bond acceptors (Lipinski definition) is 6. The van der Waals surface area contributed by atoms with Crippen LogP contribution >= 0.6 is 11.3 Å². The lowest BCUT2D eigenvalue weighted by molar-refractivity contribution is -0.134. The van der Waals surface area contributed by atoms with Crippen LogP contribution in [0.5, 0.6) is 0 Å². The first kappa shape index (κ1) is 17.6. The van der Waals surface area contributed by atoms with Crippen LogP contribution in [0.3, 0.4) is 0 Å². The molecular formula is C17H22N4O3S. The minimum atomic E-state index is -0.356. The van der Waals surface area contributed by atoms with Crippen LogP contribution in [-0.2, 0) is 11.2 Å². The summed E-state index contributed by atoms with van der Waals surface area (Å²) in [4.78, 5) is 30.7. The molecule has 134 valence electrons. The molecule has 0 aromatic carbocycles. The van der Waals surface area contributed by atoms with E-state index in [1.165, 1.54) is 17.6 Å². The molecule has 3 N–H and O–H groups in total. The van der Waals surface area contributed by atoms with Gasteiger partial charge in [-0.25, -0.2) is 4.98 Å². The van der Waals surface area contributed by atoms with Gasteiger partial charge in [0.05, 0.1) is 18.4 Å². The van der Waals surface area contributed by atoms with Crippen molar-refractivity contribution in [2.75, 3.05) is 18.4 Å². The Labute approximate surface area is 150 Å². The largest absolute Gasteiger partial charge is 0.459 e. The second-order valence-electron chi connectivity index (χ2n) is 6.36. The van der Waals surface area contributed by atoms with Crippen molar-refractivity contribution in [3.63, 3.8) is 0 Å². The Kier molecular flexibility index (Phi) is 5.50. The highest BCUT2D eigenvalue weighted by molar-refractivity contribution is 7.14. The molecule has 2 atom stereocenters. The van der Waals surface area contributed by atoms with Crippen molar-refractivity contribution in [3.8, 4) is 0 Å². The molecule has 25 heavy (non-hydrogen) atoms. The summed E-state index contributed by atoms with van der Waals surface area (Å²) in [5.74, 6) is 0.503. The van der Waals surface area contributed by atoms with Crippen molar-refractivity contribution in [2.24, 2.45) is 11.7 Å². The number of aromatic nitrogens is 1. The molecule has 1 aliphatic rings. The second-order valence-corrected chi connectivity index (χ2v) is 7.22. The van der Waals surface area contributed by atoms with Crippen LogP contribution in [-0.4, -0.2) is 40.8 Å². The highest BCUT2D eigenvalue weighted by Gasteiger charge is 2.29. The van der Waals surface area contributed by atoms with Gasteiger partial charge >= 0.3 is 0 Å². The molecule has 2 aromatic heterocycles. The summed E-state index contributed by atoms with van der Waals surface area (Å²) in [6, 6.07) is 3.33. The molecule has 2 aromatic rings. The fourth-order valence-electron chi connectivity index (χ4n) is 3.07. The Morgan fingerprint density at radius 2 is 2.36 bits per heavy atom. The first-order valence-corrected chi connectivity index (χ1v) is 9.23. The minimum absolute atomic E-state index is 0.0385. The summed E-state index contributed by atoms with van der Waals surface area (Å²) in [6.07, 6.45) is 3.61. The molecule has 8 heteroatoms. The number of nitrogens with one attached hydrogen (secondary N) is 1. The van der Waals surface area contributed by atoms with Crippen LogP contribution in [0.15, 0.2) is 28.2 Å². The molecule has 0 saturated carbocycles. The van der Waals surface area contributed by atoms with E-state index in [2.05, 4.69) is 17.2 Å². The number of anilines is 1. The Bertz CT molecular complexity index is 728. The lowest BCUT2D eigenvalue weighted by Gasteiger charge is -2.38. The van der Waals surface area contributed by atoms with Crippen LogP contribution in [0.2, 0.25) is 0 Å². The van der Waals surface area contributed by atoms with Gasteiger partial charge in [0, 0.05) is 24.5 Å². The van der Waals surface area contributed by atoms with E-state index in [4.69, 9.17) is 10.2 Å². The number of thiazole rings is 1. The molecule has 3 heterocycles. The third-order valence-corrected chi connectivity index (χ3v) is 5.23. The standard InChI is InChI=1S/C17H22N4O3S/c1-11-4-5-21(13(7-11)9-18)15(22)8-12-10-25-17(19-12)20-16(23)14-3-2-6-24-14/h2-3,6,10-11,13H,4-5,7-9,18H2,1H3,(H,19,20,23). The molecule has 2 unspecified atom stereocenters. The number of nitrogens with two attached hydrogens (primary N) is 1. The van der Waals surface area contributed by atoms with Crippen molar-refractivity contribution in [1.29, 1.82) is 0 Å².